The molecular formula is C20H24FN3O2. The third-order valence-electron chi connectivity index (χ3n) is 5.51. The molecule has 1 unspecified atom stereocenters. The molecule has 1 amide bonds. The number of rotatable bonds is 3. The monoisotopic (exact) mass is 357 g/mol. The van der Waals surface area contributed by atoms with Crippen LogP contribution in [0.3, 0.4) is 0 Å². The van der Waals surface area contributed by atoms with E-state index in [4.69, 9.17) is 4.74 Å². The van der Waals surface area contributed by atoms with Crippen molar-refractivity contribution in [2.45, 2.75) is 44.1 Å². The quantitative estimate of drug-likeness (QED) is 0.909. The van der Waals surface area contributed by atoms with Gasteiger partial charge in [-0.05, 0) is 30.5 Å². The number of ether oxygens (including phenoxy) is 1. The highest BCUT2D eigenvalue weighted by molar-refractivity contribution is 5.95. The van der Waals surface area contributed by atoms with Crippen molar-refractivity contribution in [2.75, 3.05) is 19.7 Å². The molecule has 1 aromatic carbocycles. The lowest BCUT2D eigenvalue weighted by Gasteiger charge is -2.33. The number of H-pyrrole nitrogens is 1. The van der Waals surface area contributed by atoms with Gasteiger partial charge in [0.1, 0.15) is 11.9 Å². The van der Waals surface area contributed by atoms with E-state index in [1.807, 2.05) is 4.90 Å². The summed E-state index contributed by atoms with van der Waals surface area (Å²) in [6, 6.07) is 6.30. The van der Waals surface area contributed by atoms with Crippen LogP contribution < -0.4 is 0 Å². The first-order chi connectivity index (χ1) is 12.7. The first-order valence-electron chi connectivity index (χ1n) is 9.42. The molecule has 2 aromatic rings. The Labute approximate surface area is 152 Å². The Balaban J connectivity index is 1.49. The van der Waals surface area contributed by atoms with Gasteiger partial charge in [0.2, 0.25) is 0 Å². The summed E-state index contributed by atoms with van der Waals surface area (Å²) in [7, 11) is 0. The Bertz CT molecular complexity index is 753. The zero-order valence-corrected chi connectivity index (χ0v) is 14.8. The van der Waals surface area contributed by atoms with Crippen molar-refractivity contribution in [1.29, 1.82) is 0 Å². The molecule has 5 nitrogen and oxygen atoms in total. The number of hydrogen-bond acceptors (Lipinski definition) is 3. The Morgan fingerprint density at radius 1 is 1.19 bits per heavy atom. The summed E-state index contributed by atoms with van der Waals surface area (Å²) in [4.78, 5) is 14.9. The Kier molecular flexibility index (Phi) is 5.02. The molecule has 1 atom stereocenters. The van der Waals surface area contributed by atoms with E-state index in [-0.39, 0.29) is 17.8 Å². The van der Waals surface area contributed by atoms with Crippen molar-refractivity contribution >= 4 is 5.91 Å². The standard InChI is InChI=1S/C20H24FN3O2/c21-16-8-6-14(7-9-16)18-13-24(10-11-26-18)20(25)17-12-22-23-19(17)15-4-2-1-3-5-15/h6-9,12,15,18H,1-5,10-11,13H2,(H,22,23). The average molecular weight is 357 g/mol. The molecule has 0 radical (unpaired) electrons. The van der Waals surface area contributed by atoms with E-state index in [0.29, 0.717) is 31.2 Å². The second-order valence-electron chi connectivity index (χ2n) is 7.19. The molecule has 1 aliphatic carbocycles. The highest BCUT2D eigenvalue weighted by Gasteiger charge is 2.30. The molecule has 1 aromatic heterocycles. The molecule has 138 valence electrons. The molecule has 1 N–H and O–H groups in total. The first kappa shape index (κ1) is 17.2. The minimum Gasteiger partial charge on any atom is -0.370 e. The minimum atomic E-state index is -0.270. The maximum absolute atomic E-state index is 13.2. The second kappa shape index (κ2) is 7.58. The largest absolute Gasteiger partial charge is 0.370 e. The molecule has 4 rings (SSSR count). The average Bonchev–Trinajstić information content (AvgIpc) is 3.18. The molecule has 1 saturated carbocycles. The van der Waals surface area contributed by atoms with Gasteiger partial charge in [-0.2, -0.15) is 5.10 Å². The number of benzene rings is 1. The molecule has 6 heteroatoms. The van der Waals surface area contributed by atoms with Gasteiger partial charge in [0.25, 0.3) is 5.91 Å². The summed E-state index contributed by atoms with van der Waals surface area (Å²) in [5, 5.41) is 7.23. The van der Waals surface area contributed by atoms with Crippen LogP contribution in [0.1, 0.15) is 65.7 Å². The lowest BCUT2D eigenvalue weighted by Crippen LogP contribution is -2.42. The Morgan fingerprint density at radius 3 is 2.73 bits per heavy atom. The number of carbonyl (C=O) groups is 1. The molecular weight excluding hydrogens is 333 g/mol. The molecule has 0 spiro atoms. The maximum atomic E-state index is 13.2. The number of morpholine rings is 1. The fourth-order valence-electron chi connectivity index (χ4n) is 4.05. The van der Waals surface area contributed by atoms with Gasteiger partial charge in [-0.1, -0.05) is 31.4 Å². The highest BCUT2D eigenvalue weighted by Crippen LogP contribution is 2.34. The van der Waals surface area contributed by atoms with E-state index in [2.05, 4.69) is 10.2 Å². The van der Waals surface area contributed by atoms with Crippen LogP contribution >= 0.6 is 0 Å². The summed E-state index contributed by atoms with van der Waals surface area (Å²) in [6.07, 6.45) is 7.36. The number of carbonyl (C=O) groups excluding carboxylic acids is 1. The van der Waals surface area contributed by atoms with E-state index >= 15 is 0 Å². The SMILES string of the molecule is O=C(c1cn[nH]c1C1CCCCC1)N1CCOC(c2ccc(F)cc2)C1. The fraction of sp³-hybridized carbons (Fsp3) is 0.500. The van der Waals surface area contributed by atoms with Crippen LogP contribution in [-0.4, -0.2) is 40.7 Å². The predicted molar refractivity (Wildman–Crippen MR) is 95.4 cm³/mol. The number of nitrogens with one attached hydrogen (secondary N) is 1. The van der Waals surface area contributed by atoms with E-state index in [1.54, 1.807) is 18.3 Å². The van der Waals surface area contributed by atoms with Crippen LogP contribution in [0, 0.1) is 5.82 Å². The number of hydrogen-bond donors (Lipinski definition) is 1. The van der Waals surface area contributed by atoms with E-state index < -0.39 is 0 Å². The molecule has 1 aliphatic heterocycles. The van der Waals surface area contributed by atoms with Gasteiger partial charge in [-0.25, -0.2) is 4.39 Å². The molecule has 26 heavy (non-hydrogen) atoms. The fourth-order valence-corrected chi connectivity index (χ4v) is 4.05. The van der Waals surface area contributed by atoms with E-state index in [9.17, 15) is 9.18 Å². The van der Waals surface area contributed by atoms with Crippen LogP contribution in [-0.2, 0) is 4.74 Å². The molecule has 0 bridgehead atoms. The van der Waals surface area contributed by atoms with Crippen molar-refractivity contribution in [3.8, 4) is 0 Å². The smallest absolute Gasteiger partial charge is 0.257 e. The lowest BCUT2D eigenvalue weighted by atomic mass is 9.85. The van der Waals surface area contributed by atoms with Crippen molar-refractivity contribution in [2.24, 2.45) is 0 Å². The van der Waals surface area contributed by atoms with Crippen molar-refractivity contribution < 1.29 is 13.9 Å². The zero-order chi connectivity index (χ0) is 17.9. The molecule has 1 saturated heterocycles. The molecule has 2 fully saturated rings. The second-order valence-corrected chi connectivity index (χ2v) is 7.19. The third-order valence-corrected chi connectivity index (χ3v) is 5.51. The van der Waals surface area contributed by atoms with E-state index in [0.717, 1.165) is 24.1 Å². The topological polar surface area (TPSA) is 58.2 Å². The van der Waals surface area contributed by atoms with Gasteiger partial charge in [0.15, 0.2) is 0 Å². The predicted octanol–water partition coefficient (Wildman–Crippen LogP) is 3.81. The number of aromatic amines is 1. The van der Waals surface area contributed by atoms with Gasteiger partial charge in [-0.3, -0.25) is 9.89 Å². The van der Waals surface area contributed by atoms with Crippen LogP contribution in [0.25, 0.3) is 0 Å². The van der Waals surface area contributed by atoms with E-state index in [1.165, 1.54) is 31.4 Å². The summed E-state index contributed by atoms with van der Waals surface area (Å²) < 4.78 is 19.0. The van der Waals surface area contributed by atoms with Crippen LogP contribution in [0.4, 0.5) is 4.39 Å². The van der Waals surface area contributed by atoms with Gasteiger partial charge in [0.05, 0.1) is 30.6 Å². The highest BCUT2D eigenvalue weighted by atomic mass is 19.1. The van der Waals surface area contributed by atoms with Gasteiger partial charge >= 0.3 is 0 Å². The number of aromatic nitrogens is 2. The van der Waals surface area contributed by atoms with Crippen LogP contribution in [0.15, 0.2) is 30.5 Å². The number of amides is 1. The molecule has 2 heterocycles. The summed E-state index contributed by atoms with van der Waals surface area (Å²) in [5.41, 5.74) is 2.57. The number of nitrogens with zero attached hydrogens (tertiary/aromatic N) is 2. The number of halogens is 1. The molecule has 2 aliphatic rings. The van der Waals surface area contributed by atoms with Crippen molar-refractivity contribution in [3.05, 3.63) is 53.1 Å². The van der Waals surface area contributed by atoms with Crippen LogP contribution in [0.5, 0.6) is 0 Å². The first-order valence-corrected chi connectivity index (χ1v) is 9.42. The Hall–Kier alpha value is -2.21. The van der Waals surface area contributed by atoms with Gasteiger partial charge in [-0.15, -0.1) is 0 Å². The van der Waals surface area contributed by atoms with Gasteiger partial charge in [0, 0.05) is 12.5 Å². The Morgan fingerprint density at radius 2 is 1.96 bits per heavy atom. The maximum Gasteiger partial charge on any atom is 0.257 e. The van der Waals surface area contributed by atoms with Crippen molar-refractivity contribution in [3.63, 3.8) is 0 Å². The van der Waals surface area contributed by atoms with Crippen molar-refractivity contribution in [1.82, 2.24) is 15.1 Å². The van der Waals surface area contributed by atoms with Gasteiger partial charge < -0.3 is 9.64 Å². The van der Waals surface area contributed by atoms with Crippen LogP contribution in [0.2, 0.25) is 0 Å². The summed E-state index contributed by atoms with van der Waals surface area (Å²) in [6.45, 7) is 1.51. The zero-order valence-electron chi connectivity index (χ0n) is 14.8. The summed E-state index contributed by atoms with van der Waals surface area (Å²) >= 11 is 0. The normalized spacial score (nSPS) is 21.7. The lowest BCUT2D eigenvalue weighted by molar-refractivity contribution is -0.0229. The summed E-state index contributed by atoms with van der Waals surface area (Å²) in [5.74, 6) is 0.141. The minimum absolute atomic E-state index is 0.00901. The third kappa shape index (κ3) is 3.51.